The van der Waals surface area contributed by atoms with Crippen LogP contribution in [0.5, 0.6) is 0 Å². The van der Waals surface area contributed by atoms with Crippen LogP contribution in [0.1, 0.15) is 33.2 Å². The van der Waals surface area contributed by atoms with Gasteiger partial charge in [-0.3, -0.25) is 9.69 Å². The summed E-state index contributed by atoms with van der Waals surface area (Å²) in [6.45, 7) is 5.16. The summed E-state index contributed by atoms with van der Waals surface area (Å²) in [7, 11) is 0. The zero-order chi connectivity index (χ0) is 17.1. The Labute approximate surface area is 144 Å². The maximum atomic E-state index is 13.8. The van der Waals surface area contributed by atoms with Gasteiger partial charge in [0.05, 0.1) is 11.3 Å². The van der Waals surface area contributed by atoms with Gasteiger partial charge in [0, 0.05) is 36.8 Å². The number of hydrogen-bond acceptors (Lipinski definition) is 5. The highest BCUT2D eigenvalue weighted by molar-refractivity contribution is 7.09. The Morgan fingerprint density at radius 3 is 3.04 bits per heavy atom. The number of rotatable bonds is 5. The zero-order valence-electron chi connectivity index (χ0n) is 13.8. The number of halogens is 1. The number of aromatic nitrogens is 2. The van der Waals surface area contributed by atoms with Crippen molar-refractivity contribution in [1.82, 2.24) is 20.2 Å². The average Bonchev–Trinajstić information content (AvgIpc) is 3.15. The van der Waals surface area contributed by atoms with Crippen LogP contribution < -0.4 is 5.32 Å². The molecule has 2 aromatic rings. The molecule has 1 aliphatic rings. The fourth-order valence-corrected chi connectivity index (χ4v) is 3.77. The Morgan fingerprint density at radius 1 is 1.50 bits per heavy atom. The van der Waals surface area contributed by atoms with Crippen molar-refractivity contribution in [3.05, 3.63) is 45.7 Å². The van der Waals surface area contributed by atoms with Gasteiger partial charge in [0.25, 0.3) is 5.91 Å². The quantitative estimate of drug-likeness (QED) is 0.902. The largest absolute Gasteiger partial charge is 0.350 e. The molecule has 3 rings (SSSR count). The van der Waals surface area contributed by atoms with E-state index in [0.717, 1.165) is 6.54 Å². The van der Waals surface area contributed by atoms with Gasteiger partial charge in [0.2, 0.25) is 0 Å². The van der Waals surface area contributed by atoms with Gasteiger partial charge in [-0.15, -0.1) is 11.3 Å². The fraction of sp³-hybridized carbons (Fsp3) is 0.471. The third-order valence-corrected chi connectivity index (χ3v) is 5.12. The predicted molar refractivity (Wildman–Crippen MR) is 91.9 cm³/mol. The van der Waals surface area contributed by atoms with Crippen molar-refractivity contribution in [2.45, 2.75) is 39.0 Å². The number of carbonyl (C=O) groups is 1. The summed E-state index contributed by atoms with van der Waals surface area (Å²) in [6, 6.07) is 4.07. The first-order valence-corrected chi connectivity index (χ1v) is 8.90. The summed E-state index contributed by atoms with van der Waals surface area (Å²) >= 11 is 1.67. The topological polar surface area (TPSA) is 58.1 Å². The summed E-state index contributed by atoms with van der Waals surface area (Å²) < 4.78 is 13.8. The smallest absolute Gasteiger partial charge is 0.254 e. The minimum atomic E-state index is -0.837. The molecule has 0 bridgehead atoms. The first-order valence-electron chi connectivity index (χ1n) is 8.02. The van der Waals surface area contributed by atoms with Crippen LogP contribution in [0, 0.1) is 13.8 Å². The second kappa shape index (κ2) is 7.36. The second-order valence-corrected chi connectivity index (χ2v) is 7.15. The summed E-state index contributed by atoms with van der Waals surface area (Å²) in [4.78, 5) is 23.9. The normalized spacial score (nSPS) is 21.1. The van der Waals surface area contributed by atoms with E-state index < -0.39 is 6.17 Å². The number of nitrogens with zero attached hydrogens (tertiary/aromatic N) is 3. The first kappa shape index (κ1) is 17.0. The molecule has 0 aromatic carbocycles. The number of thiophene rings is 1. The molecule has 0 unspecified atom stereocenters. The minimum Gasteiger partial charge on any atom is -0.350 e. The summed E-state index contributed by atoms with van der Waals surface area (Å²) in [5.41, 5.74) is 1.13. The van der Waals surface area contributed by atoms with E-state index in [1.165, 1.54) is 4.88 Å². The Kier molecular flexibility index (Phi) is 5.20. The van der Waals surface area contributed by atoms with E-state index >= 15 is 0 Å². The van der Waals surface area contributed by atoms with E-state index in [1.54, 1.807) is 31.4 Å². The van der Waals surface area contributed by atoms with Gasteiger partial charge in [0.1, 0.15) is 12.0 Å². The van der Waals surface area contributed by atoms with E-state index in [9.17, 15) is 9.18 Å². The molecule has 2 atom stereocenters. The standard InChI is InChI=1S/C17H21FN4OS/c1-11-16(8-19-12(2)21-11)17(23)20-7-14-6-13(18)9-22(14)10-15-4-3-5-24-15/h3-5,8,13-14H,6-7,9-10H2,1-2H3,(H,20,23)/t13-,14-/m0/s1. The highest BCUT2D eigenvalue weighted by Crippen LogP contribution is 2.24. The maximum Gasteiger partial charge on any atom is 0.254 e. The van der Waals surface area contributed by atoms with Crippen LogP contribution in [0.2, 0.25) is 0 Å². The minimum absolute atomic E-state index is 0.0118. The van der Waals surface area contributed by atoms with E-state index in [0.29, 0.717) is 36.6 Å². The number of alkyl halides is 1. The molecule has 0 radical (unpaired) electrons. The fourth-order valence-electron chi connectivity index (χ4n) is 3.04. The summed E-state index contributed by atoms with van der Waals surface area (Å²) in [5.74, 6) is 0.438. The first-order chi connectivity index (χ1) is 11.5. The molecule has 2 aromatic heterocycles. The highest BCUT2D eigenvalue weighted by Gasteiger charge is 2.32. The molecule has 0 aliphatic carbocycles. The monoisotopic (exact) mass is 348 g/mol. The third-order valence-electron chi connectivity index (χ3n) is 4.26. The van der Waals surface area contributed by atoms with Crippen molar-refractivity contribution in [2.24, 2.45) is 0 Å². The molecule has 3 heterocycles. The molecule has 1 fully saturated rings. The van der Waals surface area contributed by atoms with E-state index in [4.69, 9.17) is 0 Å². The van der Waals surface area contributed by atoms with Crippen molar-refractivity contribution in [2.75, 3.05) is 13.1 Å². The number of likely N-dealkylation sites (tertiary alicyclic amines) is 1. The second-order valence-electron chi connectivity index (χ2n) is 6.12. The molecule has 1 saturated heterocycles. The molecule has 0 spiro atoms. The van der Waals surface area contributed by atoms with Crippen molar-refractivity contribution in [3.63, 3.8) is 0 Å². The Hall–Kier alpha value is -1.86. The lowest BCUT2D eigenvalue weighted by atomic mass is 10.2. The maximum absolute atomic E-state index is 13.8. The number of nitrogens with one attached hydrogen (secondary N) is 1. The molecule has 128 valence electrons. The van der Waals surface area contributed by atoms with Crippen molar-refractivity contribution < 1.29 is 9.18 Å². The average molecular weight is 348 g/mol. The molecule has 5 nitrogen and oxygen atoms in total. The Bertz CT molecular complexity index is 707. The van der Waals surface area contributed by atoms with E-state index in [1.807, 2.05) is 11.4 Å². The molecule has 1 N–H and O–H groups in total. The van der Waals surface area contributed by atoms with E-state index in [-0.39, 0.29) is 11.9 Å². The molecule has 24 heavy (non-hydrogen) atoms. The third kappa shape index (κ3) is 3.96. The molecular formula is C17H21FN4OS. The van der Waals surface area contributed by atoms with Gasteiger partial charge in [-0.2, -0.15) is 0 Å². The summed E-state index contributed by atoms with van der Waals surface area (Å²) in [5, 5.41) is 4.93. The van der Waals surface area contributed by atoms with Gasteiger partial charge in [-0.25, -0.2) is 14.4 Å². The van der Waals surface area contributed by atoms with Crippen LogP contribution in [-0.2, 0) is 6.54 Å². The number of amides is 1. The molecule has 0 saturated carbocycles. The highest BCUT2D eigenvalue weighted by atomic mass is 32.1. The van der Waals surface area contributed by atoms with Gasteiger partial charge in [-0.05, 0) is 31.7 Å². The van der Waals surface area contributed by atoms with Gasteiger partial charge in [-0.1, -0.05) is 6.07 Å². The number of carbonyl (C=O) groups excluding carboxylic acids is 1. The van der Waals surface area contributed by atoms with Crippen LogP contribution >= 0.6 is 11.3 Å². The van der Waals surface area contributed by atoms with Crippen molar-refractivity contribution >= 4 is 17.2 Å². The molecule has 1 aliphatic heterocycles. The van der Waals surface area contributed by atoms with Crippen LogP contribution in [0.4, 0.5) is 4.39 Å². The number of aryl methyl sites for hydroxylation is 2. The Balaban J connectivity index is 1.60. The molecule has 7 heteroatoms. The van der Waals surface area contributed by atoms with Gasteiger partial charge in [0.15, 0.2) is 0 Å². The predicted octanol–water partition coefficient (Wildman–Crippen LogP) is 2.50. The van der Waals surface area contributed by atoms with E-state index in [2.05, 4.69) is 26.3 Å². The summed E-state index contributed by atoms with van der Waals surface area (Å²) in [6.07, 6.45) is 1.16. The van der Waals surface area contributed by atoms with Crippen molar-refractivity contribution in [1.29, 1.82) is 0 Å². The lowest BCUT2D eigenvalue weighted by molar-refractivity contribution is 0.0938. The SMILES string of the molecule is Cc1ncc(C(=O)NC[C@@H]2C[C@H](F)CN2Cc2cccs2)c(C)n1. The molecular weight excluding hydrogens is 327 g/mol. The van der Waals surface area contributed by atoms with Crippen molar-refractivity contribution in [3.8, 4) is 0 Å². The van der Waals surface area contributed by atoms with Crippen LogP contribution in [-0.4, -0.2) is 46.1 Å². The van der Waals surface area contributed by atoms with Gasteiger partial charge >= 0.3 is 0 Å². The van der Waals surface area contributed by atoms with Gasteiger partial charge < -0.3 is 5.32 Å². The lowest BCUT2D eigenvalue weighted by Crippen LogP contribution is -2.40. The molecule has 1 amide bonds. The van der Waals surface area contributed by atoms with Crippen LogP contribution in [0.25, 0.3) is 0 Å². The zero-order valence-corrected chi connectivity index (χ0v) is 14.6. The Morgan fingerprint density at radius 2 is 2.33 bits per heavy atom. The number of hydrogen-bond donors (Lipinski definition) is 1. The van der Waals surface area contributed by atoms with Crippen LogP contribution in [0.15, 0.2) is 23.7 Å². The lowest BCUT2D eigenvalue weighted by Gasteiger charge is -2.23. The van der Waals surface area contributed by atoms with Crippen LogP contribution in [0.3, 0.4) is 0 Å².